The molecule has 1 aromatic heterocycles. The summed E-state index contributed by atoms with van der Waals surface area (Å²) in [5.74, 6) is 0.294. The summed E-state index contributed by atoms with van der Waals surface area (Å²) in [6, 6.07) is 3.56. The first-order chi connectivity index (χ1) is 6.63. The quantitative estimate of drug-likeness (QED) is 0.693. The van der Waals surface area contributed by atoms with E-state index in [0.717, 1.165) is 11.3 Å². The molecule has 0 saturated heterocycles. The van der Waals surface area contributed by atoms with Crippen LogP contribution < -0.4 is 11.1 Å². The second-order valence-corrected chi connectivity index (χ2v) is 2.90. The van der Waals surface area contributed by atoms with Gasteiger partial charge in [0.2, 0.25) is 5.91 Å². The lowest BCUT2D eigenvalue weighted by Crippen LogP contribution is -2.20. The Balaban J connectivity index is 2.68. The van der Waals surface area contributed by atoms with Gasteiger partial charge in [-0.25, -0.2) is 4.98 Å². The molecular weight excluding hydrogens is 178 g/mol. The summed E-state index contributed by atoms with van der Waals surface area (Å²) in [4.78, 5) is 15.0. The molecule has 0 atom stereocenters. The normalized spacial score (nSPS) is 9.50. The van der Waals surface area contributed by atoms with E-state index in [1.807, 2.05) is 13.0 Å². The smallest absolute Gasteiger partial charge is 0.243 e. The van der Waals surface area contributed by atoms with Crippen molar-refractivity contribution in [1.29, 1.82) is 0 Å². The zero-order valence-electron chi connectivity index (χ0n) is 8.08. The van der Waals surface area contributed by atoms with E-state index in [0.29, 0.717) is 12.4 Å². The first-order valence-corrected chi connectivity index (χ1v) is 4.25. The van der Waals surface area contributed by atoms with Gasteiger partial charge in [-0.3, -0.25) is 4.79 Å². The van der Waals surface area contributed by atoms with E-state index in [1.165, 1.54) is 6.08 Å². The van der Waals surface area contributed by atoms with Crippen LogP contribution in [-0.2, 0) is 11.3 Å². The number of carbonyl (C=O) groups excluding carboxylic acids is 1. The van der Waals surface area contributed by atoms with E-state index in [4.69, 9.17) is 5.73 Å². The third-order valence-electron chi connectivity index (χ3n) is 1.86. The Hall–Kier alpha value is -1.84. The molecule has 1 rings (SSSR count). The molecule has 4 nitrogen and oxygen atoms in total. The topological polar surface area (TPSA) is 68.0 Å². The van der Waals surface area contributed by atoms with Crippen molar-refractivity contribution in [2.24, 2.45) is 0 Å². The first-order valence-electron chi connectivity index (χ1n) is 4.25. The summed E-state index contributed by atoms with van der Waals surface area (Å²) in [6.07, 6.45) is 1.24. The summed E-state index contributed by atoms with van der Waals surface area (Å²) in [5.41, 5.74) is 7.28. The van der Waals surface area contributed by atoms with Gasteiger partial charge in [0, 0.05) is 12.2 Å². The minimum absolute atomic E-state index is 0.193. The maximum Gasteiger partial charge on any atom is 0.243 e. The number of amides is 1. The van der Waals surface area contributed by atoms with E-state index in [2.05, 4.69) is 16.9 Å². The fourth-order valence-electron chi connectivity index (χ4n) is 1.05. The Morgan fingerprint density at radius 3 is 3.00 bits per heavy atom. The Kier molecular flexibility index (Phi) is 3.23. The molecule has 4 heteroatoms. The largest absolute Gasteiger partial charge is 0.384 e. The molecule has 0 aliphatic heterocycles. The first kappa shape index (κ1) is 10.2. The number of carbonyl (C=O) groups is 1. The minimum atomic E-state index is -0.193. The summed E-state index contributed by atoms with van der Waals surface area (Å²) in [6.45, 7) is 5.66. The van der Waals surface area contributed by atoms with E-state index in [1.54, 1.807) is 6.07 Å². The summed E-state index contributed by atoms with van der Waals surface area (Å²) in [7, 11) is 0. The molecule has 0 aromatic carbocycles. The maximum atomic E-state index is 10.9. The molecule has 0 radical (unpaired) electrons. The van der Waals surface area contributed by atoms with Gasteiger partial charge in [0.15, 0.2) is 0 Å². The number of aromatic nitrogens is 1. The third kappa shape index (κ3) is 2.58. The van der Waals surface area contributed by atoms with Crippen molar-refractivity contribution in [3.63, 3.8) is 0 Å². The molecule has 14 heavy (non-hydrogen) atoms. The van der Waals surface area contributed by atoms with Crippen molar-refractivity contribution in [3.05, 3.63) is 36.0 Å². The Morgan fingerprint density at radius 1 is 1.71 bits per heavy atom. The lowest BCUT2D eigenvalue weighted by molar-refractivity contribution is -0.116. The molecule has 74 valence electrons. The lowest BCUT2D eigenvalue weighted by Gasteiger charge is -2.05. The molecule has 1 amide bonds. The Bertz CT molecular complexity index is 360. The molecule has 0 saturated carbocycles. The van der Waals surface area contributed by atoms with E-state index in [-0.39, 0.29) is 5.91 Å². The number of nitrogens with two attached hydrogens (primary N) is 1. The highest BCUT2D eigenvalue weighted by Gasteiger charge is 2.00. The highest BCUT2D eigenvalue weighted by molar-refractivity contribution is 5.86. The van der Waals surface area contributed by atoms with Gasteiger partial charge in [-0.1, -0.05) is 12.6 Å². The number of nitrogens with zero attached hydrogens (tertiary/aromatic N) is 1. The fourth-order valence-corrected chi connectivity index (χ4v) is 1.05. The van der Waals surface area contributed by atoms with Gasteiger partial charge in [0.05, 0.1) is 0 Å². The number of anilines is 1. The van der Waals surface area contributed by atoms with Gasteiger partial charge >= 0.3 is 0 Å². The average molecular weight is 191 g/mol. The van der Waals surface area contributed by atoms with Crippen molar-refractivity contribution in [2.45, 2.75) is 13.5 Å². The molecule has 0 fully saturated rings. The molecule has 0 aliphatic rings. The Morgan fingerprint density at radius 2 is 2.43 bits per heavy atom. The van der Waals surface area contributed by atoms with Crippen molar-refractivity contribution < 1.29 is 4.79 Å². The van der Waals surface area contributed by atoms with Crippen LogP contribution in [-0.4, -0.2) is 10.9 Å². The number of pyridine rings is 1. The second kappa shape index (κ2) is 4.41. The zero-order chi connectivity index (χ0) is 10.6. The van der Waals surface area contributed by atoms with E-state index >= 15 is 0 Å². The highest BCUT2D eigenvalue weighted by atomic mass is 16.1. The van der Waals surface area contributed by atoms with Crippen LogP contribution in [0.2, 0.25) is 0 Å². The monoisotopic (exact) mass is 191 g/mol. The number of nitrogen functional groups attached to an aromatic ring is 1. The fraction of sp³-hybridized carbons (Fsp3) is 0.200. The number of hydrogen-bond donors (Lipinski definition) is 2. The molecule has 0 spiro atoms. The van der Waals surface area contributed by atoms with Crippen LogP contribution in [0.1, 0.15) is 11.3 Å². The molecule has 0 unspecified atom stereocenters. The zero-order valence-corrected chi connectivity index (χ0v) is 8.08. The molecule has 1 aromatic rings. The predicted octanol–water partition coefficient (Wildman–Crippen LogP) is 0.774. The van der Waals surface area contributed by atoms with Gasteiger partial charge in [-0.05, 0) is 24.6 Å². The van der Waals surface area contributed by atoms with E-state index in [9.17, 15) is 4.79 Å². The summed E-state index contributed by atoms with van der Waals surface area (Å²) in [5, 5.41) is 2.67. The van der Waals surface area contributed by atoms with Crippen molar-refractivity contribution >= 4 is 11.7 Å². The van der Waals surface area contributed by atoms with Crippen LogP contribution in [0.25, 0.3) is 0 Å². The number of aryl methyl sites for hydroxylation is 1. The third-order valence-corrected chi connectivity index (χ3v) is 1.86. The maximum absolute atomic E-state index is 10.9. The van der Waals surface area contributed by atoms with Crippen LogP contribution in [0.4, 0.5) is 5.82 Å². The standard InChI is InChI=1S/C10H13N3O/c1-3-10(14)12-6-8-4-5-9(11)13-7(8)2/h3-5H,1,6H2,2H3,(H2,11,13)(H,12,14). The van der Waals surface area contributed by atoms with Crippen molar-refractivity contribution in [3.8, 4) is 0 Å². The summed E-state index contributed by atoms with van der Waals surface area (Å²) >= 11 is 0. The molecular formula is C10H13N3O. The molecule has 3 N–H and O–H groups in total. The number of hydrogen-bond acceptors (Lipinski definition) is 3. The highest BCUT2D eigenvalue weighted by Crippen LogP contribution is 2.07. The van der Waals surface area contributed by atoms with Crippen molar-refractivity contribution in [2.75, 3.05) is 5.73 Å². The average Bonchev–Trinajstić information content (AvgIpc) is 2.16. The number of rotatable bonds is 3. The van der Waals surface area contributed by atoms with Crippen molar-refractivity contribution in [1.82, 2.24) is 10.3 Å². The second-order valence-electron chi connectivity index (χ2n) is 2.90. The molecule has 0 aliphatic carbocycles. The lowest BCUT2D eigenvalue weighted by atomic mass is 10.2. The van der Waals surface area contributed by atoms with Gasteiger partial charge in [-0.2, -0.15) is 0 Å². The minimum Gasteiger partial charge on any atom is -0.384 e. The number of nitrogens with one attached hydrogen (secondary N) is 1. The van der Waals surface area contributed by atoms with Crippen LogP contribution in [0.3, 0.4) is 0 Å². The van der Waals surface area contributed by atoms with Gasteiger partial charge < -0.3 is 11.1 Å². The van der Waals surface area contributed by atoms with Crippen LogP contribution in [0.5, 0.6) is 0 Å². The summed E-state index contributed by atoms with van der Waals surface area (Å²) < 4.78 is 0. The van der Waals surface area contributed by atoms with E-state index < -0.39 is 0 Å². The predicted molar refractivity (Wildman–Crippen MR) is 55.4 cm³/mol. The van der Waals surface area contributed by atoms with Gasteiger partial charge in [0.1, 0.15) is 5.82 Å². The van der Waals surface area contributed by atoms with Gasteiger partial charge in [-0.15, -0.1) is 0 Å². The van der Waals surface area contributed by atoms with Crippen LogP contribution in [0, 0.1) is 6.92 Å². The molecule has 0 bridgehead atoms. The Labute approximate surface area is 82.8 Å². The van der Waals surface area contributed by atoms with Crippen LogP contribution in [0.15, 0.2) is 24.8 Å². The van der Waals surface area contributed by atoms with Gasteiger partial charge in [0.25, 0.3) is 0 Å². The van der Waals surface area contributed by atoms with Crippen LogP contribution >= 0.6 is 0 Å². The SMILES string of the molecule is C=CC(=O)NCc1ccc(N)nc1C. The molecule has 1 heterocycles.